The van der Waals surface area contributed by atoms with Crippen molar-refractivity contribution in [1.29, 1.82) is 0 Å². The summed E-state index contributed by atoms with van der Waals surface area (Å²) in [7, 11) is -3.77. The van der Waals surface area contributed by atoms with E-state index in [4.69, 9.17) is 4.42 Å². The molecule has 2 aromatic carbocycles. The molecule has 0 aliphatic carbocycles. The van der Waals surface area contributed by atoms with Crippen LogP contribution >= 0.6 is 0 Å². The molecule has 3 aromatic rings. The van der Waals surface area contributed by atoms with Crippen LogP contribution in [0, 0.1) is 13.8 Å². The van der Waals surface area contributed by atoms with Crippen LogP contribution in [0.2, 0.25) is 0 Å². The molecule has 0 aliphatic rings. The van der Waals surface area contributed by atoms with Gasteiger partial charge in [-0.15, -0.1) is 0 Å². The van der Waals surface area contributed by atoms with Gasteiger partial charge in [0.25, 0.3) is 5.91 Å². The minimum atomic E-state index is -3.77. The molecule has 0 unspecified atom stereocenters. The second-order valence-corrected chi connectivity index (χ2v) is 7.97. The Bertz CT molecular complexity index is 1060. The number of anilines is 1. The molecule has 1 heterocycles. The summed E-state index contributed by atoms with van der Waals surface area (Å²) in [6.07, 6.45) is 1.47. The lowest BCUT2D eigenvalue weighted by molar-refractivity contribution is 0.102. The van der Waals surface area contributed by atoms with Gasteiger partial charge in [0, 0.05) is 11.3 Å². The van der Waals surface area contributed by atoms with Crippen LogP contribution in [-0.2, 0) is 16.6 Å². The molecule has 1 aromatic heterocycles. The molecule has 7 heteroatoms. The summed E-state index contributed by atoms with van der Waals surface area (Å²) in [4.78, 5) is 12.5. The number of sulfonamides is 1. The average molecular weight is 384 g/mol. The average Bonchev–Trinajstić information content (AvgIpc) is 3.16. The first kappa shape index (κ1) is 18.9. The minimum Gasteiger partial charge on any atom is -0.468 e. The quantitative estimate of drug-likeness (QED) is 0.679. The summed E-state index contributed by atoms with van der Waals surface area (Å²) in [6, 6.07) is 15.0. The summed E-state index contributed by atoms with van der Waals surface area (Å²) >= 11 is 0. The van der Waals surface area contributed by atoms with E-state index < -0.39 is 10.0 Å². The number of carbonyl (C=O) groups is 1. The number of hydrogen-bond donors (Lipinski definition) is 2. The van der Waals surface area contributed by atoms with Crippen molar-refractivity contribution in [3.05, 3.63) is 83.3 Å². The van der Waals surface area contributed by atoms with Crippen LogP contribution in [-0.4, -0.2) is 14.3 Å². The number of amides is 1. The third-order valence-electron chi connectivity index (χ3n) is 4.05. The molecule has 0 saturated heterocycles. The van der Waals surface area contributed by atoms with Crippen molar-refractivity contribution in [2.45, 2.75) is 25.3 Å². The van der Waals surface area contributed by atoms with E-state index in [1.54, 1.807) is 24.3 Å². The van der Waals surface area contributed by atoms with E-state index in [-0.39, 0.29) is 22.9 Å². The Hall–Kier alpha value is -2.90. The predicted octanol–water partition coefficient (Wildman–Crippen LogP) is 3.63. The van der Waals surface area contributed by atoms with Gasteiger partial charge in [-0.25, -0.2) is 13.1 Å². The lowest BCUT2D eigenvalue weighted by atomic mass is 10.1. The Labute approximate surface area is 158 Å². The van der Waals surface area contributed by atoms with Gasteiger partial charge >= 0.3 is 0 Å². The molecule has 140 valence electrons. The van der Waals surface area contributed by atoms with Gasteiger partial charge in [-0.3, -0.25) is 4.79 Å². The molecule has 2 N–H and O–H groups in total. The van der Waals surface area contributed by atoms with E-state index in [9.17, 15) is 13.2 Å². The summed E-state index contributed by atoms with van der Waals surface area (Å²) in [6.45, 7) is 3.92. The lowest BCUT2D eigenvalue weighted by Gasteiger charge is -2.10. The first-order valence-corrected chi connectivity index (χ1v) is 9.84. The zero-order valence-corrected chi connectivity index (χ0v) is 15.8. The van der Waals surface area contributed by atoms with Gasteiger partial charge in [0.1, 0.15) is 5.76 Å². The van der Waals surface area contributed by atoms with Crippen molar-refractivity contribution in [2.75, 3.05) is 5.32 Å². The highest BCUT2D eigenvalue weighted by Crippen LogP contribution is 2.18. The highest BCUT2D eigenvalue weighted by Gasteiger charge is 2.17. The van der Waals surface area contributed by atoms with Crippen molar-refractivity contribution in [3.63, 3.8) is 0 Å². The van der Waals surface area contributed by atoms with E-state index in [1.165, 1.54) is 18.4 Å². The first-order chi connectivity index (χ1) is 12.8. The molecule has 0 radical (unpaired) electrons. The van der Waals surface area contributed by atoms with Crippen molar-refractivity contribution < 1.29 is 17.6 Å². The van der Waals surface area contributed by atoms with Crippen LogP contribution in [0.5, 0.6) is 0 Å². The van der Waals surface area contributed by atoms with Gasteiger partial charge in [-0.05, 0) is 55.8 Å². The van der Waals surface area contributed by atoms with Crippen LogP contribution in [0.15, 0.2) is 70.2 Å². The lowest BCUT2D eigenvalue weighted by Crippen LogP contribution is -2.23. The molecular weight excluding hydrogens is 364 g/mol. The van der Waals surface area contributed by atoms with Crippen molar-refractivity contribution in [3.8, 4) is 0 Å². The van der Waals surface area contributed by atoms with Gasteiger partial charge in [0.05, 0.1) is 17.7 Å². The highest BCUT2D eigenvalue weighted by molar-refractivity contribution is 7.89. The zero-order valence-electron chi connectivity index (χ0n) is 15.0. The minimum absolute atomic E-state index is 0.0161. The van der Waals surface area contributed by atoms with Crippen LogP contribution in [0.1, 0.15) is 27.2 Å². The molecule has 0 aliphatic heterocycles. The number of hydrogen-bond acceptors (Lipinski definition) is 4. The van der Waals surface area contributed by atoms with E-state index in [0.717, 1.165) is 11.1 Å². The molecule has 0 spiro atoms. The summed E-state index contributed by atoms with van der Waals surface area (Å²) in [5.74, 6) is 0.132. The van der Waals surface area contributed by atoms with Gasteiger partial charge in [-0.1, -0.05) is 23.8 Å². The van der Waals surface area contributed by atoms with Crippen molar-refractivity contribution in [2.24, 2.45) is 0 Å². The summed E-state index contributed by atoms with van der Waals surface area (Å²) < 4.78 is 32.5. The molecule has 0 bridgehead atoms. The van der Waals surface area contributed by atoms with Gasteiger partial charge in [-0.2, -0.15) is 0 Å². The van der Waals surface area contributed by atoms with E-state index in [0.29, 0.717) is 11.4 Å². The topological polar surface area (TPSA) is 88.4 Å². The maximum Gasteiger partial charge on any atom is 0.255 e. The number of rotatable bonds is 6. The van der Waals surface area contributed by atoms with E-state index >= 15 is 0 Å². The third kappa shape index (κ3) is 4.64. The summed E-state index contributed by atoms with van der Waals surface area (Å²) in [5.41, 5.74) is 2.99. The van der Waals surface area contributed by atoms with Crippen LogP contribution < -0.4 is 10.0 Å². The molecular formula is C20H20N2O4S. The van der Waals surface area contributed by atoms with Gasteiger partial charge in [0.15, 0.2) is 0 Å². The second-order valence-electron chi connectivity index (χ2n) is 6.20. The maximum atomic E-state index is 12.5. The van der Waals surface area contributed by atoms with Crippen LogP contribution in [0.4, 0.5) is 5.69 Å². The predicted molar refractivity (Wildman–Crippen MR) is 103 cm³/mol. The Morgan fingerprint density at radius 3 is 2.56 bits per heavy atom. The zero-order chi connectivity index (χ0) is 19.4. The molecule has 0 saturated carbocycles. The fraction of sp³-hybridized carbons (Fsp3) is 0.150. The largest absolute Gasteiger partial charge is 0.468 e. The molecule has 27 heavy (non-hydrogen) atoms. The number of nitrogens with one attached hydrogen (secondary N) is 2. The van der Waals surface area contributed by atoms with Crippen molar-refractivity contribution in [1.82, 2.24) is 4.72 Å². The Morgan fingerprint density at radius 1 is 1.04 bits per heavy atom. The van der Waals surface area contributed by atoms with E-state index in [2.05, 4.69) is 10.0 Å². The molecule has 3 rings (SSSR count). The molecule has 6 nitrogen and oxygen atoms in total. The SMILES string of the molecule is Cc1ccc(NC(=O)c2cccc(S(=O)(=O)NCc3ccco3)c2)c(C)c1. The summed E-state index contributed by atoms with van der Waals surface area (Å²) in [5, 5.41) is 2.82. The number of carbonyl (C=O) groups excluding carboxylic acids is 1. The normalized spacial score (nSPS) is 11.3. The molecule has 1 amide bonds. The Kier molecular flexibility index (Phi) is 5.43. The molecule has 0 atom stereocenters. The smallest absolute Gasteiger partial charge is 0.255 e. The van der Waals surface area contributed by atoms with E-state index in [1.807, 2.05) is 32.0 Å². The van der Waals surface area contributed by atoms with Gasteiger partial charge < -0.3 is 9.73 Å². The van der Waals surface area contributed by atoms with Crippen LogP contribution in [0.3, 0.4) is 0 Å². The highest BCUT2D eigenvalue weighted by atomic mass is 32.2. The Balaban J connectivity index is 1.76. The third-order valence-corrected chi connectivity index (χ3v) is 5.45. The number of aryl methyl sites for hydroxylation is 2. The number of benzene rings is 2. The van der Waals surface area contributed by atoms with Gasteiger partial charge in [0.2, 0.25) is 10.0 Å². The fourth-order valence-electron chi connectivity index (χ4n) is 2.62. The molecule has 0 fully saturated rings. The fourth-order valence-corrected chi connectivity index (χ4v) is 3.65. The van der Waals surface area contributed by atoms with Crippen LogP contribution in [0.25, 0.3) is 0 Å². The standard InChI is InChI=1S/C20H20N2O4S/c1-14-8-9-19(15(2)11-14)22-20(23)16-5-3-7-18(12-16)27(24,25)21-13-17-6-4-10-26-17/h3-12,21H,13H2,1-2H3,(H,22,23). The first-order valence-electron chi connectivity index (χ1n) is 8.36. The van der Waals surface area contributed by atoms with Crippen molar-refractivity contribution >= 4 is 21.6 Å². The number of furan rings is 1. The maximum absolute atomic E-state index is 12.5. The Morgan fingerprint density at radius 2 is 1.85 bits per heavy atom. The second kappa shape index (κ2) is 7.77. The monoisotopic (exact) mass is 384 g/mol.